The maximum atomic E-state index is 10.9. The van der Waals surface area contributed by atoms with E-state index in [1.54, 1.807) is 19.1 Å². The smallest absolute Gasteiger partial charge is 0.333 e. The van der Waals surface area contributed by atoms with Crippen LogP contribution in [-0.4, -0.2) is 12.6 Å². The zero-order valence-electron chi connectivity index (χ0n) is 7.38. The van der Waals surface area contributed by atoms with Crippen LogP contribution in [0.1, 0.15) is 6.92 Å². The topological polar surface area (TPSA) is 26.3 Å². The van der Waals surface area contributed by atoms with Crippen molar-refractivity contribution in [1.82, 2.24) is 0 Å². The maximum absolute atomic E-state index is 10.9. The van der Waals surface area contributed by atoms with Crippen LogP contribution in [0, 0.1) is 5.92 Å². The van der Waals surface area contributed by atoms with Gasteiger partial charge >= 0.3 is 5.97 Å². The maximum Gasteiger partial charge on any atom is 0.333 e. The van der Waals surface area contributed by atoms with Crippen molar-refractivity contribution >= 4 is 5.97 Å². The Bertz CT molecular complexity index is 196. The highest BCUT2D eigenvalue weighted by atomic mass is 16.5. The number of carbonyl (C=O) groups excluding carboxylic acids is 1. The second-order valence-corrected chi connectivity index (χ2v) is 2.51. The van der Waals surface area contributed by atoms with Gasteiger partial charge in [-0.05, 0) is 6.92 Å². The Kier molecular flexibility index (Phi) is 4.77. The van der Waals surface area contributed by atoms with Crippen LogP contribution in [0.2, 0.25) is 0 Å². The molecule has 0 atom stereocenters. The van der Waals surface area contributed by atoms with E-state index in [2.05, 4.69) is 19.7 Å². The third-order valence-corrected chi connectivity index (χ3v) is 1.36. The first kappa shape index (κ1) is 10.7. The molecule has 0 radical (unpaired) electrons. The van der Waals surface area contributed by atoms with Crippen molar-refractivity contribution in [1.29, 1.82) is 0 Å². The van der Waals surface area contributed by atoms with Crippen LogP contribution in [-0.2, 0) is 9.53 Å². The second-order valence-electron chi connectivity index (χ2n) is 2.51. The van der Waals surface area contributed by atoms with E-state index in [-0.39, 0.29) is 11.9 Å². The molecule has 0 aliphatic rings. The predicted molar refractivity (Wildman–Crippen MR) is 49.7 cm³/mol. The Labute approximate surface area is 73.2 Å². The van der Waals surface area contributed by atoms with Crippen molar-refractivity contribution in [2.24, 2.45) is 5.92 Å². The lowest BCUT2D eigenvalue weighted by Crippen LogP contribution is -2.11. The molecule has 0 fully saturated rings. The first-order valence-corrected chi connectivity index (χ1v) is 3.69. The molecule has 0 saturated carbocycles. The number of ether oxygens (including phenoxy) is 1. The van der Waals surface area contributed by atoms with Crippen LogP contribution >= 0.6 is 0 Å². The summed E-state index contributed by atoms with van der Waals surface area (Å²) >= 11 is 0. The molecule has 2 nitrogen and oxygen atoms in total. The minimum absolute atomic E-state index is 0.0216. The molecule has 66 valence electrons. The number of rotatable bonds is 5. The predicted octanol–water partition coefficient (Wildman–Crippen LogP) is 2.09. The molecule has 0 aliphatic carbocycles. The first-order chi connectivity index (χ1) is 5.61. The Balaban J connectivity index is 3.81. The molecule has 0 aromatic rings. The summed E-state index contributed by atoms with van der Waals surface area (Å²) in [6.45, 7) is 12.5. The van der Waals surface area contributed by atoms with Gasteiger partial charge in [0, 0.05) is 11.5 Å². The summed E-state index contributed by atoms with van der Waals surface area (Å²) in [6.07, 6.45) is 3.36. The summed E-state index contributed by atoms with van der Waals surface area (Å²) in [5.41, 5.74) is 0.405. The van der Waals surface area contributed by atoms with Crippen LogP contribution in [0.5, 0.6) is 0 Å². The van der Waals surface area contributed by atoms with Gasteiger partial charge in [0.25, 0.3) is 0 Å². The summed E-state index contributed by atoms with van der Waals surface area (Å²) in [5.74, 6) is -0.350. The molecule has 0 N–H and O–H groups in total. The third-order valence-electron chi connectivity index (χ3n) is 1.36. The monoisotopic (exact) mass is 166 g/mol. The summed E-state index contributed by atoms with van der Waals surface area (Å²) in [4.78, 5) is 10.9. The van der Waals surface area contributed by atoms with E-state index in [0.717, 1.165) is 0 Å². The number of esters is 1. The highest BCUT2D eigenvalue weighted by molar-refractivity contribution is 5.86. The summed E-state index contributed by atoms with van der Waals surface area (Å²) in [5, 5.41) is 0. The van der Waals surface area contributed by atoms with Gasteiger partial charge in [0.1, 0.15) is 6.61 Å². The molecule has 2 heteroatoms. The lowest BCUT2D eigenvalue weighted by atomic mass is 10.1. The minimum Gasteiger partial charge on any atom is -0.461 e. The third kappa shape index (κ3) is 3.76. The molecule has 0 rings (SSSR count). The van der Waals surface area contributed by atoms with Gasteiger partial charge in [-0.2, -0.15) is 0 Å². The van der Waals surface area contributed by atoms with E-state index < -0.39 is 0 Å². The van der Waals surface area contributed by atoms with Crippen molar-refractivity contribution < 1.29 is 9.53 Å². The number of carbonyl (C=O) groups is 1. The molecular weight excluding hydrogens is 152 g/mol. The van der Waals surface area contributed by atoms with Crippen LogP contribution in [0.25, 0.3) is 0 Å². The molecule has 0 bridgehead atoms. The van der Waals surface area contributed by atoms with Gasteiger partial charge in [0.15, 0.2) is 0 Å². The fourth-order valence-electron chi connectivity index (χ4n) is 0.527. The van der Waals surface area contributed by atoms with Gasteiger partial charge in [-0.15, -0.1) is 13.2 Å². The molecule has 0 saturated heterocycles. The van der Waals surface area contributed by atoms with Gasteiger partial charge < -0.3 is 4.74 Å². The highest BCUT2D eigenvalue weighted by Gasteiger charge is 2.05. The molecular formula is C10H14O2. The Hall–Kier alpha value is -1.31. The van der Waals surface area contributed by atoms with Crippen molar-refractivity contribution in [3.8, 4) is 0 Å². The Morgan fingerprint density at radius 3 is 2.33 bits per heavy atom. The van der Waals surface area contributed by atoms with E-state index in [1.807, 2.05) is 0 Å². The van der Waals surface area contributed by atoms with Crippen LogP contribution in [0.15, 0.2) is 37.5 Å². The van der Waals surface area contributed by atoms with Crippen molar-refractivity contribution in [2.45, 2.75) is 6.92 Å². The lowest BCUT2D eigenvalue weighted by Gasteiger charge is -2.07. The quantitative estimate of drug-likeness (QED) is 0.355. The Morgan fingerprint density at radius 1 is 1.50 bits per heavy atom. The standard InChI is InChI=1S/C10H14O2/c1-5-9(6-2)7-12-10(11)8(3)4/h5-6,9H,1-3,7H2,4H3. The SMILES string of the molecule is C=CC(C=C)COC(=O)C(=C)C. The van der Waals surface area contributed by atoms with E-state index >= 15 is 0 Å². The lowest BCUT2D eigenvalue weighted by molar-refractivity contribution is -0.139. The normalized spacial score (nSPS) is 9.17. The molecule has 0 aromatic carbocycles. The van der Waals surface area contributed by atoms with Crippen LogP contribution in [0.4, 0.5) is 0 Å². The van der Waals surface area contributed by atoms with Crippen molar-refractivity contribution in [3.05, 3.63) is 37.5 Å². The zero-order chi connectivity index (χ0) is 9.56. The first-order valence-electron chi connectivity index (χ1n) is 3.69. The molecule has 0 unspecified atom stereocenters. The van der Waals surface area contributed by atoms with Crippen LogP contribution < -0.4 is 0 Å². The van der Waals surface area contributed by atoms with Gasteiger partial charge in [-0.25, -0.2) is 4.79 Å². The van der Waals surface area contributed by atoms with Crippen molar-refractivity contribution in [2.75, 3.05) is 6.61 Å². The largest absolute Gasteiger partial charge is 0.461 e. The summed E-state index contributed by atoms with van der Waals surface area (Å²) in [6, 6.07) is 0. The van der Waals surface area contributed by atoms with E-state index in [9.17, 15) is 4.79 Å². The molecule has 12 heavy (non-hydrogen) atoms. The second kappa shape index (κ2) is 5.35. The van der Waals surface area contributed by atoms with Gasteiger partial charge in [0.05, 0.1) is 0 Å². The average Bonchev–Trinajstić information content (AvgIpc) is 2.05. The van der Waals surface area contributed by atoms with E-state index in [4.69, 9.17) is 4.74 Å². The average molecular weight is 166 g/mol. The minimum atomic E-state index is -0.372. The van der Waals surface area contributed by atoms with Gasteiger partial charge in [-0.1, -0.05) is 18.7 Å². The summed E-state index contributed by atoms with van der Waals surface area (Å²) in [7, 11) is 0. The fraction of sp³-hybridized carbons (Fsp3) is 0.300. The summed E-state index contributed by atoms with van der Waals surface area (Å²) < 4.78 is 4.87. The number of hydrogen-bond donors (Lipinski definition) is 0. The fourth-order valence-corrected chi connectivity index (χ4v) is 0.527. The van der Waals surface area contributed by atoms with E-state index in [0.29, 0.717) is 12.2 Å². The molecule has 0 spiro atoms. The molecule has 0 amide bonds. The zero-order valence-corrected chi connectivity index (χ0v) is 7.38. The molecule has 0 heterocycles. The number of hydrogen-bond acceptors (Lipinski definition) is 2. The Morgan fingerprint density at radius 2 is 2.00 bits per heavy atom. The molecule has 0 aliphatic heterocycles. The molecule has 0 aromatic heterocycles. The highest BCUT2D eigenvalue weighted by Crippen LogP contribution is 2.01. The van der Waals surface area contributed by atoms with Gasteiger partial charge in [0.2, 0.25) is 0 Å². The van der Waals surface area contributed by atoms with E-state index in [1.165, 1.54) is 0 Å². The van der Waals surface area contributed by atoms with Crippen LogP contribution in [0.3, 0.4) is 0 Å². The van der Waals surface area contributed by atoms with Crippen molar-refractivity contribution in [3.63, 3.8) is 0 Å². The van der Waals surface area contributed by atoms with Gasteiger partial charge in [-0.3, -0.25) is 0 Å².